The number of rotatable bonds is 2. The molecular formula is C10H10ClN3O2S. The van der Waals surface area contributed by atoms with Crippen molar-refractivity contribution in [2.24, 2.45) is 0 Å². The molecule has 0 saturated carbocycles. The molecule has 1 heterocycles. The van der Waals surface area contributed by atoms with Gasteiger partial charge in [-0.25, -0.2) is 0 Å². The van der Waals surface area contributed by atoms with Gasteiger partial charge in [-0.15, -0.1) is 12.4 Å². The maximum atomic E-state index is 10.5. The SMILES string of the molecule is Cl.Nc1ccc(-c2ccc([N+](=O)[O-])s2)c(N)c1. The molecule has 0 bridgehead atoms. The molecule has 5 nitrogen and oxygen atoms in total. The molecule has 0 unspecified atom stereocenters. The monoisotopic (exact) mass is 271 g/mol. The van der Waals surface area contributed by atoms with Gasteiger partial charge in [-0.2, -0.15) is 0 Å². The maximum absolute atomic E-state index is 10.5. The molecule has 7 heteroatoms. The summed E-state index contributed by atoms with van der Waals surface area (Å²) in [6.07, 6.45) is 0. The Labute approximate surface area is 108 Å². The molecule has 0 radical (unpaired) electrons. The minimum atomic E-state index is -0.415. The van der Waals surface area contributed by atoms with Crippen molar-refractivity contribution >= 4 is 40.1 Å². The molecule has 0 saturated heterocycles. The van der Waals surface area contributed by atoms with Crippen LogP contribution in [0.2, 0.25) is 0 Å². The number of nitrogens with zero attached hydrogens (tertiary/aromatic N) is 1. The Hall–Kier alpha value is -1.79. The number of hydrogen-bond donors (Lipinski definition) is 2. The summed E-state index contributed by atoms with van der Waals surface area (Å²) in [5.41, 5.74) is 13.2. The first-order chi connectivity index (χ1) is 7.58. The van der Waals surface area contributed by atoms with E-state index in [2.05, 4.69) is 0 Å². The van der Waals surface area contributed by atoms with Crippen molar-refractivity contribution in [2.45, 2.75) is 0 Å². The Morgan fingerprint density at radius 3 is 2.41 bits per heavy atom. The van der Waals surface area contributed by atoms with E-state index in [4.69, 9.17) is 11.5 Å². The number of thiophene rings is 1. The molecule has 17 heavy (non-hydrogen) atoms. The Bertz CT molecular complexity index is 556. The second kappa shape index (κ2) is 5.03. The molecule has 0 atom stereocenters. The highest BCUT2D eigenvalue weighted by atomic mass is 35.5. The van der Waals surface area contributed by atoms with E-state index >= 15 is 0 Å². The van der Waals surface area contributed by atoms with Crippen LogP contribution in [0.4, 0.5) is 16.4 Å². The van der Waals surface area contributed by atoms with Crippen molar-refractivity contribution in [1.29, 1.82) is 0 Å². The van der Waals surface area contributed by atoms with E-state index in [0.717, 1.165) is 21.8 Å². The van der Waals surface area contributed by atoms with Crippen LogP contribution in [0.3, 0.4) is 0 Å². The minimum absolute atomic E-state index is 0. The molecular weight excluding hydrogens is 262 g/mol. The van der Waals surface area contributed by atoms with Crippen LogP contribution in [0.15, 0.2) is 30.3 Å². The topological polar surface area (TPSA) is 95.2 Å². The van der Waals surface area contributed by atoms with E-state index in [9.17, 15) is 10.1 Å². The Morgan fingerprint density at radius 2 is 1.88 bits per heavy atom. The highest BCUT2D eigenvalue weighted by molar-refractivity contribution is 7.18. The summed E-state index contributed by atoms with van der Waals surface area (Å²) in [7, 11) is 0. The zero-order valence-corrected chi connectivity index (χ0v) is 10.3. The van der Waals surface area contributed by atoms with Crippen molar-refractivity contribution in [3.63, 3.8) is 0 Å². The Morgan fingerprint density at radius 1 is 1.18 bits per heavy atom. The van der Waals surface area contributed by atoms with Crippen LogP contribution >= 0.6 is 23.7 Å². The third kappa shape index (κ3) is 2.66. The van der Waals surface area contributed by atoms with Crippen molar-refractivity contribution in [2.75, 3.05) is 11.5 Å². The van der Waals surface area contributed by atoms with Crippen LogP contribution in [0.1, 0.15) is 0 Å². The first kappa shape index (κ1) is 13.3. The van der Waals surface area contributed by atoms with Gasteiger partial charge < -0.3 is 11.5 Å². The van der Waals surface area contributed by atoms with Gasteiger partial charge in [0.15, 0.2) is 0 Å². The number of nitro groups is 1. The summed E-state index contributed by atoms with van der Waals surface area (Å²) in [6, 6.07) is 8.28. The fourth-order valence-corrected chi connectivity index (χ4v) is 2.24. The molecule has 90 valence electrons. The first-order valence-corrected chi connectivity index (χ1v) is 5.29. The van der Waals surface area contributed by atoms with Gasteiger partial charge in [0, 0.05) is 27.9 Å². The van der Waals surface area contributed by atoms with Crippen LogP contribution in [0.25, 0.3) is 10.4 Å². The summed E-state index contributed by atoms with van der Waals surface area (Å²) in [5.74, 6) is 0. The van der Waals surface area contributed by atoms with Gasteiger partial charge in [0.05, 0.1) is 4.92 Å². The van der Waals surface area contributed by atoms with Crippen molar-refractivity contribution in [1.82, 2.24) is 0 Å². The fourth-order valence-electron chi connectivity index (χ4n) is 1.38. The third-order valence-electron chi connectivity index (χ3n) is 2.11. The van der Waals surface area contributed by atoms with E-state index in [-0.39, 0.29) is 17.4 Å². The predicted octanol–water partition coefficient (Wildman–Crippen LogP) is 2.91. The quantitative estimate of drug-likeness (QED) is 0.499. The van der Waals surface area contributed by atoms with Crippen molar-refractivity contribution < 1.29 is 4.92 Å². The average Bonchev–Trinajstić information content (AvgIpc) is 2.66. The van der Waals surface area contributed by atoms with Gasteiger partial charge in [0.1, 0.15) is 0 Å². The lowest BCUT2D eigenvalue weighted by Gasteiger charge is -2.03. The number of hydrogen-bond acceptors (Lipinski definition) is 5. The predicted molar refractivity (Wildman–Crippen MR) is 72.5 cm³/mol. The molecule has 0 aliphatic carbocycles. The van der Waals surface area contributed by atoms with Crippen molar-refractivity contribution in [3.8, 4) is 10.4 Å². The average molecular weight is 272 g/mol. The summed E-state index contributed by atoms with van der Waals surface area (Å²) in [4.78, 5) is 10.9. The lowest BCUT2D eigenvalue weighted by atomic mass is 10.1. The third-order valence-corrected chi connectivity index (χ3v) is 3.18. The number of benzene rings is 1. The minimum Gasteiger partial charge on any atom is -0.399 e. The molecule has 4 N–H and O–H groups in total. The number of halogens is 1. The van der Waals surface area contributed by atoms with Crippen LogP contribution in [-0.4, -0.2) is 4.92 Å². The summed E-state index contributed by atoms with van der Waals surface area (Å²) in [5, 5.41) is 10.7. The van der Waals surface area contributed by atoms with Crippen LogP contribution in [0, 0.1) is 10.1 Å². The van der Waals surface area contributed by atoms with E-state index < -0.39 is 4.92 Å². The van der Waals surface area contributed by atoms with E-state index in [1.165, 1.54) is 6.07 Å². The molecule has 0 amide bonds. The second-order valence-electron chi connectivity index (χ2n) is 3.24. The largest absolute Gasteiger partial charge is 0.399 e. The molecule has 0 spiro atoms. The van der Waals surface area contributed by atoms with E-state index in [1.807, 2.05) is 0 Å². The van der Waals surface area contributed by atoms with Crippen molar-refractivity contribution in [3.05, 3.63) is 40.4 Å². The summed E-state index contributed by atoms with van der Waals surface area (Å²) >= 11 is 1.09. The molecule has 0 aliphatic rings. The fraction of sp³-hybridized carbons (Fsp3) is 0. The number of nitrogens with two attached hydrogens (primary N) is 2. The van der Waals surface area contributed by atoms with Gasteiger partial charge in [-0.1, -0.05) is 11.3 Å². The number of nitrogen functional groups attached to an aromatic ring is 2. The molecule has 2 aromatic rings. The van der Waals surface area contributed by atoms with E-state index in [1.54, 1.807) is 24.3 Å². The zero-order chi connectivity index (χ0) is 11.7. The lowest BCUT2D eigenvalue weighted by Crippen LogP contribution is -1.91. The van der Waals surface area contributed by atoms with Gasteiger partial charge in [-0.3, -0.25) is 10.1 Å². The van der Waals surface area contributed by atoms with Gasteiger partial charge in [0.2, 0.25) is 0 Å². The second-order valence-corrected chi connectivity index (χ2v) is 4.30. The Balaban J connectivity index is 0.00000144. The molecule has 2 rings (SSSR count). The summed E-state index contributed by atoms with van der Waals surface area (Å²) < 4.78 is 0. The van der Waals surface area contributed by atoms with E-state index in [0.29, 0.717) is 11.4 Å². The van der Waals surface area contributed by atoms with Crippen LogP contribution in [0.5, 0.6) is 0 Å². The molecule has 0 fully saturated rings. The molecule has 1 aromatic heterocycles. The first-order valence-electron chi connectivity index (χ1n) is 4.47. The van der Waals surface area contributed by atoms with Gasteiger partial charge >= 0.3 is 5.00 Å². The lowest BCUT2D eigenvalue weighted by molar-refractivity contribution is -0.380. The van der Waals surface area contributed by atoms with Crippen LogP contribution in [-0.2, 0) is 0 Å². The molecule has 1 aromatic carbocycles. The highest BCUT2D eigenvalue weighted by Crippen LogP contribution is 2.36. The van der Waals surface area contributed by atoms with Gasteiger partial charge in [0.25, 0.3) is 0 Å². The smallest absolute Gasteiger partial charge is 0.324 e. The highest BCUT2D eigenvalue weighted by Gasteiger charge is 2.12. The zero-order valence-electron chi connectivity index (χ0n) is 8.62. The summed E-state index contributed by atoms with van der Waals surface area (Å²) in [6.45, 7) is 0. The standard InChI is InChI=1S/C10H9N3O2S.ClH/c11-6-1-2-7(8(12)5-6)9-3-4-10(16-9)13(14)15;/h1-5H,11-12H2;1H. The molecule has 0 aliphatic heterocycles. The number of anilines is 2. The van der Waals surface area contributed by atoms with Crippen LogP contribution < -0.4 is 11.5 Å². The van der Waals surface area contributed by atoms with Gasteiger partial charge in [-0.05, 0) is 24.3 Å². The Kier molecular flexibility index (Phi) is 3.93. The normalized spacial score (nSPS) is 9.65. The maximum Gasteiger partial charge on any atom is 0.324 e.